The number of aryl methyl sites for hydroxylation is 1. The van der Waals surface area contributed by atoms with Crippen LogP contribution < -0.4 is 11.2 Å². The van der Waals surface area contributed by atoms with Crippen LogP contribution in [0.15, 0.2) is 9.59 Å². The first-order valence-corrected chi connectivity index (χ1v) is 6.63. The second kappa shape index (κ2) is 5.62. The van der Waals surface area contributed by atoms with E-state index < -0.39 is 0 Å². The van der Waals surface area contributed by atoms with Crippen LogP contribution in [0, 0.1) is 5.92 Å². The van der Waals surface area contributed by atoms with Gasteiger partial charge in [-0.2, -0.15) is 0 Å². The Morgan fingerprint density at radius 2 is 2.05 bits per heavy atom. The lowest BCUT2D eigenvalue weighted by molar-refractivity contribution is 0.201. The minimum atomic E-state index is -0.332. The fourth-order valence-electron chi connectivity index (χ4n) is 2.14. The molecule has 1 N–H and O–H groups in total. The minimum absolute atomic E-state index is 0.216. The molecule has 0 amide bonds. The highest BCUT2D eigenvalue weighted by molar-refractivity contribution is 5.69. The van der Waals surface area contributed by atoms with E-state index in [1.54, 1.807) is 14.2 Å². The van der Waals surface area contributed by atoms with Gasteiger partial charge >= 0.3 is 5.69 Å². The zero-order valence-electron chi connectivity index (χ0n) is 12.3. The van der Waals surface area contributed by atoms with Gasteiger partial charge in [0.15, 0.2) is 5.65 Å². The second-order valence-corrected chi connectivity index (χ2v) is 5.28. The lowest BCUT2D eigenvalue weighted by atomic mass is 10.2. The Labute approximate surface area is 116 Å². The van der Waals surface area contributed by atoms with Gasteiger partial charge in [0, 0.05) is 27.1 Å². The molecule has 0 fully saturated rings. The minimum Gasteiger partial charge on any atom is -0.384 e. The second-order valence-electron chi connectivity index (χ2n) is 5.28. The van der Waals surface area contributed by atoms with Gasteiger partial charge in [-0.15, -0.1) is 0 Å². The van der Waals surface area contributed by atoms with Crippen molar-refractivity contribution in [3.8, 4) is 0 Å². The number of rotatable bonds is 5. The molecule has 7 nitrogen and oxygen atoms in total. The molecule has 0 radical (unpaired) electrons. The Kier molecular flexibility index (Phi) is 4.08. The van der Waals surface area contributed by atoms with Crippen LogP contribution in [0.3, 0.4) is 0 Å². The monoisotopic (exact) mass is 280 g/mol. The number of methoxy groups -OCH3 is 1. The van der Waals surface area contributed by atoms with Crippen molar-refractivity contribution in [3.63, 3.8) is 0 Å². The normalized spacial score (nSPS) is 11.7. The summed E-state index contributed by atoms with van der Waals surface area (Å²) < 4.78 is 7.65. The molecule has 20 heavy (non-hydrogen) atoms. The van der Waals surface area contributed by atoms with Crippen LogP contribution in [0.5, 0.6) is 0 Å². The number of nitrogens with zero attached hydrogens (tertiary/aromatic N) is 3. The first-order valence-electron chi connectivity index (χ1n) is 6.63. The van der Waals surface area contributed by atoms with Crippen molar-refractivity contribution in [1.29, 1.82) is 0 Å². The molecule has 7 heteroatoms. The summed E-state index contributed by atoms with van der Waals surface area (Å²) in [7, 11) is 3.23. The third-order valence-corrected chi connectivity index (χ3v) is 3.12. The molecule has 0 aliphatic heterocycles. The highest BCUT2D eigenvalue weighted by Crippen LogP contribution is 2.05. The van der Waals surface area contributed by atoms with Gasteiger partial charge in [-0.1, -0.05) is 13.8 Å². The van der Waals surface area contributed by atoms with Gasteiger partial charge in [0.2, 0.25) is 0 Å². The molecular formula is C13H20N4O3. The maximum absolute atomic E-state index is 12.4. The van der Waals surface area contributed by atoms with Crippen LogP contribution in [0.2, 0.25) is 0 Å². The summed E-state index contributed by atoms with van der Waals surface area (Å²) in [4.78, 5) is 31.9. The summed E-state index contributed by atoms with van der Waals surface area (Å²) in [6, 6.07) is 0. The Morgan fingerprint density at radius 3 is 2.65 bits per heavy atom. The van der Waals surface area contributed by atoms with E-state index in [4.69, 9.17) is 4.74 Å². The molecule has 0 saturated carbocycles. The maximum atomic E-state index is 12.4. The van der Waals surface area contributed by atoms with Crippen molar-refractivity contribution in [2.24, 2.45) is 13.0 Å². The lowest BCUT2D eigenvalue weighted by Gasteiger charge is -2.09. The van der Waals surface area contributed by atoms with Gasteiger partial charge < -0.3 is 9.72 Å². The summed E-state index contributed by atoms with van der Waals surface area (Å²) in [5.41, 5.74) is 0.124. The molecule has 0 bridgehead atoms. The number of hydrogen-bond acceptors (Lipinski definition) is 4. The fraction of sp³-hybridized carbons (Fsp3) is 0.615. The van der Waals surface area contributed by atoms with Gasteiger partial charge in [0.05, 0.1) is 6.61 Å². The number of hydrogen-bond donors (Lipinski definition) is 1. The number of imidazole rings is 1. The zero-order valence-corrected chi connectivity index (χ0v) is 12.3. The van der Waals surface area contributed by atoms with E-state index in [1.807, 2.05) is 13.8 Å². The largest absolute Gasteiger partial charge is 0.384 e. The molecule has 2 heterocycles. The number of H-pyrrole nitrogens is 1. The predicted molar refractivity (Wildman–Crippen MR) is 76.0 cm³/mol. The molecule has 0 saturated heterocycles. The molecular weight excluding hydrogens is 260 g/mol. The third kappa shape index (κ3) is 2.53. The molecule has 2 aromatic rings. The van der Waals surface area contributed by atoms with E-state index in [2.05, 4.69) is 9.97 Å². The smallest absolute Gasteiger partial charge is 0.332 e. The van der Waals surface area contributed by atoms with Gasteiger partial charge in [0.25, 0.3) is 5.56 Å². The van der Waals surface area contributed by atoms with Gasteiger partial charge in [-0.3, -0.25) is 13.9 Å². The first-order chi connectivity index (χ1) is 9.45. The SMILES string of the molecule is COCCc1nc2c([nH]1)c(=O)n(CC(C)C)c(=O)n2C. The van der Waals surface area contributed by atoms with Crippen molar-refractivity contribution in [2.45, 2.75) is 26.8 Å². The summed E-state index contributed by atoms with van der Waals surface area (Å²) in [6.07, 6.45) is 0.572. The molecule has 0 aliphatic carbocycles. The number of ether oxygens (including phenoxy) is 1. The number of aromatic amines is 1. The predicted octanol–water partition coefficient (Wildman–Crippen LogP) is 0.268. The number of fused-ring (bicyclic) bond motifs is 1. The maximum Gasteiger partial charge on any atom is 0.332 e. The van der Waals surface area contributed by atoms with E-state index in [0.717, 1.165) is 0 Å². The molecule has 2 rings (SSSR count). The zero-order chi connectivity index (χ0) is 14.9. The van der Waals surface area contributed by atoms with Crippen LogP contribution in [-0.4, -0.2) is 32.8 Å². The summed E-state index contributed by atoms with van der Waals surface area (Å²) >= 11 is 0. The molecule has 0 aliphatic rings. The van der Waals surface area contributed by atoms with Gasteiger partial charge in [-0.25, -0.2) is 9.78 Å². The Bertz CT molecular complexity index is 724. The van der Waals surface area contributed by atoms with E-state index in [1.165, 1.54) is 9.13 Å². The Morgan fingerprint density at radius 1 is 1.35 bits per heavy atom. The molecule has 0 aromatic carbocycles. The van der Waals surface area contributed by atoms with Crippen molar-refractivity contribution >= 4 is 11.2 Å². The number of nitrogens with one attached hydrogen (secondary N) is 1. The van der Waals surface area contributed by atoms with E-state index in [0.29, 0.717) is 36.6 Å². The summed E-state index contributed by atoms with van der Waals surface area (Å²) in [5.74, 6) is 0.866. The van der Waals surface area contributed by atoms with E-state index >= 15 is 0 Å². The molecule has 110 valence electrons. The molecule has 2 aromatic heterocycles. The van der Waals surface area contributed by atoms with Crippen molar-refractivity contribution in [1.82, 2.24) is 19.1 Å². The summed E-state index contributed by atoms with van der Waals surface area (Å²) in [5, 5.41) is 0. The highest BCUT2D eigenvalue weighted by Gasteiger charge is 2.15. The van der Waals surface area contributed by atoms with E-state index in [-0.39, 0.29) is 17.2 Å². The van der Waals surface area contributed by atoms with Gasteiger partial charge in [0.1, 0.15) is 11.3 Å². The Hall–Kier alpha value is -1.89. The van der Waals surface area contributed by atoms with E-state index in [9.17, 15) is 9.59 Å². The first kappa shape index (κ1) is 14.5. The van der Waals surface area contributed by atoms with Crippen molar-refractivity contribution in [2.75, 3.05) is 13.7 Å². The third-order valence-electron chi connectivity index (χ3n) is 3.12. The number of aromatic nitrogens is 4. The van der Waals surface area contributed by atoms with Gasteiger partial charge in [-0.05, 0) is 5.92 Å². The average molecular weight is 280 g/mol. The van der Waals surface area contributed by atoms with Crippen molar-refractivity contribution in [3.05, 3.63) is 26.7 Å². The fourth-order valence-corrected chi connectivity index (χ4v) is 2.14. The topological polar surface area (TPSA) is 81.9 Å². The molecule has 0 unspecified atom stereocenters. The average Bonchev–Trinajstić information content (AvgIpc) is 2.83. The lowest BCUT2D eigenvalue weighted by Crippen LogP contribution is -2.40. The highest BCUT2D eigenvalue weighted by atomic mass is 16.5. The van der Waals surface area contributed by atoms with Crippen LogP contribution in [0.4, 0.5) is 0 Å². The quantitative estimate of drug-likeness (QED) is 0.852. The van der Waals surface area contributed by atoms with Crippen LogP contribution in [-0.2, 0) is 24.8 Å². The van der Waals surface area contributed by atoms with Crippen LogP contribution in [0.1, 0.15) is 19.7 Å². The van der Waals surface area contributed by atoms with Crippen LogP contribution >= 0.6 is 0 Å². The standard InChI is InChI=1S/C13H20N4O3/c1-8(2)7-17-12(18)10-11(16(3)13(17)19)15-9(14-10)5-6-20-4/h8H,5-7H2,1-4H3,(H,14,15). The van der Waals surface area contributed by atoms with Crippen LogP contribution in [0.25, 0.3) is 11.2 Å². The molecule has 0 atom stereocenters. The molecule has 0 spiro atoms. The Balaban J connectivity index is 2.62. The van der Waals surface area contributed by atoms with Crippen molar-refractivity contribution < 1.29 is 4.74 Å². The summed E-state index contributed by atoms with van der Waals surface area (Å²) in [6.45, 7) is 4.84.